The van der Waals surface area contributed by atoms with Crippen LogP contribution in [0.1, 0.15) is 18.4 Å². The van der Waals surface area contributed by atoms with Crippen LogP contribution in [0.15, 0.2) is 12.3 Å². The highest BCUT2D eigenvalue weighted by Gasteiger charge is 2.33. The van der Waals surface area contributed by atoms with Crippen LogP contribution in [0, 0.1) is 5.92 Å². The van der Waals surface area contributed by atoms with Crippen molar-refractivity contribution >= 4 is 48.1 Å². The molecule has 5 nitrogen and oxygen atoms in total. The largest absolute Gasteiger partial charge is 0.417 e. The van der Waals surface area contributed by atoms with Crippen LogP contribution >= 0.6 is 36.4 Å². The molecule has 1 amide bonds. The van der Waals surface area contributed by atoms with Gasteiger partial charge in [-0.05, 0) is 25.5 Å². The predicted molar refractivity (Wildman–Crippen MR) is 98.5 cm³/mol. The molecular weight excluding hydrogens is 416 g/mol. The van der Waals surface area contributed by atoms with E-state index in [0.717, 1.165) is 25.2 Å². The Hall–Kier alpha value is -0.960. The Labute approximate surface area is 166 Å². The maximum absolute atomic E-state index is 12.7. The van der Waals surface area contributed by atoms with Crippen LogP contribution in [0.5, 0.6) is 0 Å². The minimum atomic E-state index is -4.47. The molecule has 2 aliphatic heterocycles. The summed E-state index contributed by atoms with van der Waals surface area (Å²) in [5.41, 5.74) is -0.867. The van der Waals surface area contributed by atoms with Crippen molar-refractivity contribution in [2.24, 2.45) is 5.92 Å². The standard InChI is InChI=1S/C15H18ClF3N4O.2ClH/c16-12-5-10(15(17,18)19)7-21-13(12)23-4-2-11(8-23)22-14(24)9-1-3-20-6-9;;/h5,7,9,11,20H,1-4,6,8H2,(H,22,24);2*1H. The number of alkyl halides is 3. The molecule has 2 aliphatic rings. The number of anilines is 1. The quantitative estimate of drug-likeness (QED) is 0.767. The summed E-state index contributed by atoms with van der Waals surface area (Å²) in [6.45, 7) is 2.62. The molecule has 0 aliphatic carbocycles. The van der Waals surface area contributed by atoms with Crippen molar-refractivity contribution in [1.29, 1.82) is 0 Å². The number of carbonyl (C=O) groups is 1. The van der Waals surface area contributed by atoms with E-state index in [4.69, 9.17) is 11.6 Å². The number of nitrogens with one attached hydrogen (secondary N) is 2. The summed E-state index contributed by atoms with van der Waals surface area (Å²) in [6.07, 6.45) is -2.14. The third-order valence-electron chi connectivity index (χ3n) is 4.41. The highest BCUT2D eigenvalue weighted by molar-refractivity contribution is 6.33. The number of aromatic nitrogens is 1. The zero-order chi connectivity index (χ0) is 17.3. The second-order valence-corrected chi connectivity index (χ2v) is 6.56. The topological polar surface area (TPSA) is 57.3 Å². The fourth-order valence-corrected chi connectivity index (χ4v) is 3.37. The summed E-state index contributed by atoms with van der Waals surface area (Å²) >= 11 is 5.97. The van der Waals surface area contributed by atoms with Gasteiger partial charge in [-0.1, -0.05) is 11.6 Å². The molecule has 11 heteroatoms. The first-order valence-corrected chi connectivity index (χ1v) is 8.21. The highest BCUT2D eigenvalue weighted by atomic mass is 35.5. The van der Waals surface area contributed by atoms with Gasteiger partial charge in [0.15, 0.2) is 0 Å². The Morgan fingerprint density at radius 2 is 2.08 bits per heavy atom. The van der Waals surface area contributed by atoms with Gasteiger partial charge in [0.25, 0.3) is 0 Å². The van der Waals surface area contributed by atoms with Gasteiger partial charge in [0, 0.05) is 31.9 Å². The number of rotatable bonds is 3. The number of amides is 1. The average Bonchev–Trinajstić information content (AvgIpc) is 3.17. The van der Waals surface area contributed by atoms with Gasteiger partial charge >= 0.3 is 6.18 Å². The first-order chi connectivity index (χ1) is 11.3. The van der Waals surface area contributed by atoms with E-state index in [9.17, 15) is 18.0 Å². The number of carbonyl (C=O) groups excluding carboxylic acids is 1. The molecule has 2 atom stereocenters. The summed E-state index contributed by atoms with van der Waals surface area (Å²) in [5, 5.41) is 6.12. The molecule has 2 saturated heterocycles. The molecule has 2 fully saturated rings. The molecule has 0 bridgehead atoms. The SMILES string of the molecule is Cl.Cl.O=C(NC1CCN(c2ncc(C(F)(F)F)cc2Cl)C1)C1CCNC1. The number of hydrogen-bond acceptors (Lipinski definition) is 4. The van der Waals surface area contributed by atoms with E-state index in [2.05, 4.69) is 15.6 Å². The molecule has 3 rings (SSSR count). The molecule has 0 spiro atoms. The normalized spacial score (nSPS) is 22.5. The zero-order valence-electron chi connectivity index (χ0n) is 13.7. The number of halogens is 6. The third kappa shape index (κ3) is 5.28. The van der Waals surface area contributed by atoms with E-state index in [1.54, 1.807) is 4.90 Å². The molecule has 0 aromatic carbocycles. The number of pyridine rings is 1. The molecule has 0 radical (unpaired) electrons. The summed E-state index contributed by atoms with van der Waals surface area (Å²) in [7, 11) is 0. The lowest BCUT2D eigenvalue weighted by molar-refractivity contribution is -0.137. The maximum Gasteiger partial charge on any atom is 0.417 e. The third-order valence-corrected chi connectivity index (χ3v) is 4.69. The lowest BCUT2D eigenvalue weighted by Gasteiger charge is -2.20. The second-order valence-electron chi connectivity index (χ2n) is 6.16. The van der Waals surface area contributed by atoms with E-state index < -0.39 is 11.7 Å². The summed E-state index contributed by atoms with van der Waals surface area (Å²) in [6, 6.07) is 0.846. The summed E-state index contributed by atoms with van der Waals surface area (Å²) < 4.78 is 38.0. The van der Waals surface area contributed by atoms with Crippen molar-refractivity contribution in [3.05, 3.63) is 22.8 Å². The van der Waals surface area contributed by atoms with Crippen LogP contribution in [0.3, 0.4) is 0 Å². The molecule has 3 heterocycles. The molecule has 1 aromatic heterocycles. The lowest BCUT2D eigenvalue weighted by Crippen LogP contribution is -2.41. The van der Waals surface area contributed by atoms with Gasteiger partial charge in [0.1, 0.15) is 5.82 Å². The predicted octanol–water partition coefficient (Wildman–Crippen LogP) is 2.90. The van der Waals surface area contributed by atoms with Gasteiger partial charge in [-0.25, -0.2) is 4.98 Å². The van der Waals surface area contributed by atoms with Crippen LogP contribution in [0.4, 0.5) is 19.0 Å². The fraction of sp³-hybridized carbons (Fsp3) is 0.600. The Kier molecular flexibility index (Phi) is 8.26. The van der Waals surface area contributed by atoms with Gasteiger partial charge in [-0.2, -0.15) is 13.2 Å². The molecule has 0 saturated carbocycles. The highest BCUT2D eigenvalue weighted by Crippen LogP contribution is 2.34. The van der Waals surface area contributed by atoms with Crippen molar-refractivity contribution in [3.63, 3.8) is 0 Å². The first-order valence-electron chi connectivity index (χ1n) is 7.83. The van der Waals surface area contributed by atoms with E-state index >= 15 is 0 Å². The molecule has 2 unspecified atom stereocenters. The zero-order valence-corrected chi connectivity index (χ0v) is 16.1. The van der Waals surface area contributed by atoms with Crippen LogP contribution in [-0.4, -0.2) is 43.1 Å². The van der Waals surface area contributed by atoms with Gasteiger partial charge in [-0.3, -0.25) is 4.79 Å². The van der Waals surface area contributed by atoms with E-state index in [0.29, 0.717) is 31.9 Å². The van der Waals surface area contributed by atoms with Crippen LogP contribution < -0.4 is 15.5 Å². The fourth-order valence-electron chi connectivity index (χ4n) is 3.09. The van der Waals surface area contributed by atoms with Gasteiger partial charge < -0.3 is 15.5 Å². The first kappa shape index (κ1) is 23.1. The molecule has 2 N–H and O–H groups in total. The number of hydrogen-bond donors (Lipinski definition) is 2. The summed E-state index contributed by atoms with van der Waals surface area (Å²) in [5.74, 6) is 0.342. The average molecular weight is 436 g/mol. The van der Waals surface area contributed by atoms with Crippen LogP contribution in [0.25, 0.3) is 0 Å². The molecule has 26 heavy (non-hydrogen) atoms. The van der Waals surface area contributed by atoms with Gasteiger partial charge in [-0.15, -0.1) is 24.8 Å². The minimum absolute atomic E-state index is 0. The van der Waals surface area contributed by atoms with Crippen molar-refractivity contribution in [3.8, 4) is 0 Å². The Morgan fingerprint density at radius 3 is 2.65 bits per heavy atom. The van der Waals surface area contributed by atoms with Crippen molar-refractivity contribution in [2.75, 3.05) is 31.1 Å². The smallest absolute Gasteiger partial charge is 0.353 e. The maximum atomic E-state index is 12.7. The Morgan fingerprint density at radius 1 is 1.35 bits per heavy atom. The Bertz CT molecular complexity index is 627. The van der Waals surface area contributed by atoms with Crippen molar-refractivity contribution < 1.29 is 18.0 Å². The number of nitrogens with zero attached hydrogens (tertiary/aromatic N) is 2. The monoisotopic (exact) mass is 434 g/mol. The van der Waals surface area contributed by atoms with E-state index in [1.165, 1.54) is 0 Å². The van der Waals surface area contributed by atoms with Gasteiger partial charge in [0.2, 0.25) is 5.91 Å². The van der Waals surface area contributed by atoms with Crippen molar-refractivity contribution in [1.82, 2.24) is 15.6 Å². The van der Waals surface area contributed by atoms with E-state index in [1.807, 2.05) is 0 Å². The second kappa shape index (κ2) is 9.30. The molecular formula is C15H20Cl3F3N4O. The molecule has 148 valence electrons. The van der Waals surface area contributed by atoms with Crippen LogP contribution in [0.2, 0.25) is 5.02 Å². The van der Waals surface area contributed by atoms with E-state index in [-0.39, 0.29) is 47.7 Å². The summed E-state index contributed by atoms with van der Waals surface area (Å²) in [4.78, 5) is 17.8. The Balaban J connectivity index is 0.00000169. The van der Waals surface area contributed by atoms with Gasteiger partial charge in [0.05, 0.1) is 16.5 Å². The lowest BCUT2D eigenvalue weighted by atomic mass is 10.1. The van der Waals surface area contributed by atoms with Crippen molar-refractivity contribution in [2.45, 2.75) is 25.1 Å². The minimum Gasteiger partial charge on any atom is -0.353 e. The van der Waals surface area contributed by atoms with Crippen LogP contribution in [-0.2, 0) is 11.0 Å². The molecule has 1 aromatic rings.